The highest BCUT2D eigenvalue weighted by molar-refractivity contribution is 6.31. The van der Waals surface area contributed by atoms with Crippen LogP contribution in [0.4, 0.5) is 5.82 Å². The number of hydrogen-bond donors (Lipinski definition) is 1. The molecule has 1 aliphatic rings. The normalized spacial score (nSPS) is 12.3. The molecule has 158 valence electrons. The molecule has 0 saturated carbocycles. The summed E-state index contributed by atoms with van der Waals surface area (Å²) in [5.41, 5.74) is 3.38. The number of nitrogens with one attached hydrogen (secondary N) is 1. The lowest BCUT2D eigenvalue weighted by molar-refractivity contribution is 0.0731. The second-order valence-corrected chi connectivity index (χ2v) is 7.45. The monoisotopic (exact) mass is 453 g/mol. The SMILES string of the molecule is Cl.N#Cc1nc2c(c(NCCc3ccccc3Cl)n1)CCN(C(=O)c1ccccc1)C2. The molecule has 1 aliphatic heterocycles. The van der Waals surface area contributed by atoms with Gasteiger partial charge in [0.15, 0.2) is 0 Å². The van der Waals surface area contributed by atoms with E-state index in [-0.39, 0.29) is 24.1 Å². The Bertz CT molecular complexity index is 1110. The zero-order valence-corrected chi connectivity index (χ0v) is 18.3. The Morgan fingerprint density at radius 1 is 1.13 bits per heavy atom. The van der Waals surface area contributed by atoms with Crippen molar-refractivity contribution in [3.63, 3.8) is 0 Å². The molecule has 0 atom stereocenters. The standard InChI is InChI=1S/C23H20ClN5O.ClH/c24-19-9-5-4-6-16(19)10-12-26-22-18-11-13-29(15-20(18)27-21(14-25)28-22)23(30)17-7-2-1-3-8-17;/h1-9H,10-13,15H2,(H,26,27,28);1H. The molecule has 31 heavy (non-hydrogen) atoms. The van der Waals surface area contributed by atoms with Crippen molar-refractivity contribution < 1.29 is 4.79 Å². The predicted molar refractivity (Wildman–Crippen MR) is 123 cm³/mol. The summed E-state index contributed by atoms with van der Waals surface area (Å²) in [6.45, 7) is 1.57. The van der Waals surface area contributed by atoms with Crippen molar-refractivity contribution in [2.75, 3.05) is 18.4 Å². The maximum atomic E-state index is 12.8. The van der Waals surface area contributed by atoms with Crippen LogP contribution in [0.2, 0.25) is 5.02 Å². The summed E-state index contributed by atoms with van der Waals surface area (Å²) < 4.78 is 0. The van der Waals surface area contributed by atoms with Crippen LogP contribution < -0.4 is 5.32 Å². The fraction of sp³-hybridized carbons (Fsp3) is 0.217. The highest BCUT2D eigenvalue weighted by Crippen LogP contribution is 2.25. The molecule has 0 spiro atoms. The van der Waals surface area contributed by atoms with E-state index in [9.17, 15) is 10.1 Å². The highest BCUT2D eigenvalue weighted by atomic mass is 35.5. The second-order valence-electron chi connectivity index (χ2n) is 7.04. The highest BCUT2D eigenvalue weighted by Gasteiger charge is 2.26. The van der Waals surface area contributed by atoms with Gasteiger partial charge in [-0.3, -0.25) is 4.79 Å². The molecule has 0 aliphatic carbocycles. The predicted octanol–water partition coefficient (Wildman–Crippen LogP) is 4.28. The summed E-state index contributed by atoms with van der Waals surface area (Å²) in [4.78, 5) is 23.3. The van der Waals surface area contributed by atoms with Crippen molar-refractivity contribution in [2.24, 2.45) is 0 Å². The lowest BCUT2D eigenvalue weighted by atomic mass is 10.0. The van der Waals surface area contributed by atoms with Crippen LogP contribution in [0.5, 0.6) is 0 Å². The molecule has 3 aromatic rings. The Morgan fingerprint density at radius 3 is 2.61 bits per heavy atom. The summed E-state index contributed by atoms with van der Waals surface area (Å²) >= 11 is 6.23. The molecule has 8 heteroatoms. The Kier molecular flexibility index (Phi) is 7.45. The van der Waals surface area contributed by atoms with Crippen molar-refractivity contribution in [1.82, 2.24) is 14.9 Å². The van der Waals surface area contributed by atoms with Gasteiger partial charge < -0.3 is 10.2 Å². The van der Waals surface area contributed by atoms with Gasteiger partial charge in [-0.15, -0.1) is 12.4 Å². The Balaban J connectivity index is 0.00000272. The van der Waals surface area contributed by atoms with Gasteiger partial charge >= 0.3 is 0 Å². The van der Waals surface area contributed by atoms with E-state index in [1.165, 1.54) is 0 Å². The number of anilines is 1. The fourth-order valence-electron chi connectivity index (χ4n) is 3.58. The third kappa shape index (κ3) is 5.13. The third-order valence-electron chi connectivity index (χ3n) is 5.12. The van der Waals surface area contributed by atoms with E-state index in [1.54, 1.807) is 17.0 Å². The van der Waals surface area contributed by atoms with E-state index in [1.807, 2.05) is 48.5 Å². The van der Waals surface area contributed by atoms with Crippen molar-refractivity contribution in [1.29, 1.82) is 5.26 Å². The van der Waals surface area contributed by atoms with Crippen molar-refractivity contribution in [2.45, 2.75) is 19.4 Å². The molecular weight excluding hydrogens is 433 g/mol. The molecule has 0 unspecified atom stereocenters. The molecule has 2 heterocycles. The summed E-state index contributed by atoms with van der Waals surface area (Å²) in [6.07, 6.45) is 1.37. The van der Waals surface area contributed by atoms with Crippen LogP contribution in [0.1, 0.15) is 33.0 Å². The van der Waals surface area contributed by atoms with Crippen LogP contribution >= 0.6 is 24.0 Å². The van der Waals surface area contributed by atoms with E-state index in [2.05, 4.69) is 15.3 Å². The number of carbonyl (C=O) groups excluding carboxylic acids is 1. The lowest BCUT2D eigenvalue weighted by Crippen LogP contribution is -2.37. The minimum Gasteiger partial charge on any atom is -0.369 e. The maximum Gasteiger partial charge on any atom is 0.254 e. The van der Waals surface area contributed by atoms with E-state index < -0.39 is 0 Å². The number of benzene rings is 2. The molecule has 0 saturated heterocycles. The summed E-state index contributed by atoms with van der Waals surface area (Å²) in [5.74, 6) is 0.727. The van der Waals surface area contributed by atoms with Crippen LogP contribution in [0, 0.1) is 11.3 Å². The lowest BCUT2D eigenvalue weighted by Gasteiger charge is -2.29. The molecule has 4 rings (SSSR count). The number of carbonyl (C=O) groups is 1. The van der Waals surface area contributed by atoms with Crippen LogP contribution in [-0.4, -0.2) is 33.9 Å². The molecule has 1 N–H and O–H groups in total. The smallest absolute Gasteiger partial charge is 0.254 e. The first-order valence-corrected chi connectivity index (χ1v) is 10.1. The first-order chi connectivity index (χ1) is 14.7. The molecular formula is C23H21Cl2N5O. The number of halogens is 2. The number of rotatable bonds is 5. The topological polar surface area (TPSA) is 81.9 Å². The zero-order chi connectivity index (χ0) is 20.9. The largest absolute Gasteiger partial charge is 0.369 e. The van der Waals surface area contributed by atoms with Gasteiger partial charge in [-0.05, 0) is 36.6 Å². The molecule has 6 nitrogen and oxygen atoms in total. The van der Waals surface area contributed by atoms with Crippen LogP contribution in [0.15, 0.2) is 54.6 Å². The third-order valence-corrected chi connectivity index (χ3v) is 5.49. The van der Waals surface area contributed by atoms with Crippen LogP contribution in [0.25, 0.3) is 0 Å². The van der Waals surface area contributed by atoms with Gasteiger partial charge in [0.05, 0.1) is 12.2 Å². The first kappa shape index (κ1) is 22.5. The van der Waals surface area contributed by atoms with Crippen LogP contribution in [-0.2, 0) is 19.4 Å². The average Bonchev–Trinajstić information content (AvgIpc) is 2.79. The maximum absolute atomic E-state index is 12.8. The molecule has 2 aromatic carbocycles. The number of nitrogens with zero attached hydrogens (tertiary/aromatic N) is 4. The fourth-order valence-corrected chi connectivity index (χ4v) is 3.81. The Labute approximate surface area is 192 Å². The van der Waals surface area contributed by atoms with Gasteiger partial charge in [0.1, 0.15) is 11.9 Å². The number of nitriles is 1. The van der Waals surface area contributed by atoms with Gasteiger partial charge in [0.2, 0.25) is 5.82 Å². The summed E-state index contributed by atoms with van der Waals surface area (Å²) in [7, 11) is 0. The van der Waals surface area contributed by atoms with Crippen molar-refractivity contribution >= 4 is 35.7 Å². The first-order valence-electron chi connectivity index (χ1n) is 9.77. The van der Waals surface area contributed by atoms with Gasteiger partial charge in [-0.1, -0.05) is 48.0 Å². The molecule has 1 amide bonds. The van der Waals surface area contributed by atoms with E-state index in [0.717, 1.165) is 28.3 Å². The zero-order valence-electron chi connectivity index (χ0n) is 16.7. The van der Waals surface area contributed by atoms with Gasteiger partial charge in [0, 0.05) is 29.2 Å². The van der Waals surface area contributed by atoms with E-state index in [4.69, 9.17) is 11.6 Å². The van der Waals surface area contributed by atoms with Gasteiger partial charge in [0.25, 0.3) is 5.91 Å². The summed E-state index contributed by atoms with van der Waals surface area (Å²) in [5, 5.41) is 13.4. The second kappa shape index (κ2) is 10.3. The van der Waals surface area contributed by atoms with Crippen LogP contribution in [0.3, 0.4) is 0 Å². The average molecular weight is 454 g/mol. The number of aromatic nitrogens is 2. The molecule has 1 aromatic heterocycles. The van der Waals surface area contributed by atoms with E-state index in [0.29, 0.717) is 37.4 Å². The quantitative estimate of drug-likeness (QED) is 0.623. The molecule has 0 radical (unpaired) electrons. The number of amides is 1. The molecule has 0 fully saturated rings. The molecule has 0 bridgehead atoms. The minimum atomic E-state index is -0.0356. The van der Waals surface area contributed by atoms with Crippen molar-refractivity contribution in [3.05, 3.63) is 87.8 Å². The minimum absolute atomic E-state index is 0. The Morgan fingerprint density at radius 2 is 1.87 bits per heavy atom. The van der Waals surface area contributed by atoms with E-state index >= 15 is 0 Å². The van der Waals surface area contributed by atoms with Crippen molar-refractivity contribution in [3.8, 4) is 6.07 Å². The van der Waals surface area contributed by atoms with Gasteiger partial charge in [-0.2, -0.15) is 5.26 Å². The summed E-state index contributed by atoms with van der Waals surface area (Å²) in [6, 6.07) is 18.9. The Hall–Kier alpha value is -3.14. The number of hydrogen-bond acceptors (Lipinski definition) is 5. The van der Waals surface area contributed by atoms with Gasteiger partial charge in [-0.25, -0.2) is 9.97 Å². The number of fused-ring (bicyclic) bond motifs is 1.